The van der Waals surface area contributed by atoms with Crippen LogP contribution in [0.4, 0.5) is 0 Å². The monoisotopic (exact) mass is 253 g/mol. The van der Waals surface area contributed by atoms with Crippen LogP contribution in [0.2, 0.25) is 0 Å². The highest BCUT2D eigenvalue weighted by atomic mass is 16.5. The van der Waals surface area contributed by atoms with E-state index in [1.807, 2.05) is 30.3 Å². The highest BCUT2D eigenvalue weighted by Crippen LogP contribution is 2.22. The summed E-state index contributed by atoms with van der Waals surface area (Å²) in [6.45, 7) is 0. The zero-order valence-electron chi connectivity index (χ0n) is 10.0. The van der Waals surface area contributed by atoms with Crippen LogP contribution in [0.5, 0.6) is 0 Å². The van der Waals surface area contributed by atoms with Crippen molar-refractivity contribution in [3.05, 3.63) is 65.7 Å². The average Bonchev–Trinajstić information content (AvgIpc) is 3.10. The Kier molecular flexibility index (Phi) is 2.98. The van der Waals surface area contributed by atoms with Crippen molar-refractivity contribution in [1.82, 2.24) is 0 Å². The van der Waals surface area contributed by atoms with E-state index in [1.54, 1.807) is 24.7 Å². The molecule has 1 unspecified atom stereocenters. The van der Waals surface area contributed by atoms with Crippen LogP contribution in [0.3, 0.4) is 0 Å². The number of hydrogen-bond acceptors (Lipinski definition) is 4. The van der Waals surface area contributed by atoms with Crippen molar-refractivity contribution >= 4 is 18.3 Å². The summed E-state index contributed by atoms with van der Waals surface area (Å²) in [5.41, 5.74) is 2.28. The number of carbonyl (C=O) groups is 1. The van der Waals surface area contributed by atoms with Crippen LogP contribution in [-0.2, 0) is 9.53 Å². The van der Waals surface area contributed by atoms with Gasteiger partial charge in [0.25, 0.3) is 0 Å². The Labute approximate surface area is 110 Å². The van der Waals surface area contributed by atoms with E-state index in [0.717, 1.165) is 17.4 Å². The van der Waals surface area contributed by atoms with Gasteiger partial charge in [0.15, 0.2) is 12.4 Å². The van der Waals surface area contributed by atoms with Gasteiger partial charge in [0.1, 0.15) is 0 Å². The topological polar surface area (TPSA) is 51.8 Å². The van der Waals surface area contributed by atoms with Crippen molar-refractivity contribution in [2.45, 2.75) is 6.10 Å². The Morgan fingerprint density at radius 3 is 2.68 bits per heavy atom. The quantitative estimate of drug-likeness (QED) is 0.790. The van der Waals surface area contributed by atoms with Gasteiger partial charge in [-0.1, -0.05) is 18.2 Å². The number of carbonyl (C=O) groups excluding carboxylic acids is 1. The molecule has 0 bridgehead atoms. The Hall–Kier alpha value is -2.62. The molecule has 19 heavy (non-hydrogen) atoms. The highest BCUT2D eigenvalue weighted by molar-refractivity contribution is 5.98. The molecule has 0 radical (unpaired) electrons. The standard InChI is InChI=1S/C15H11NO3/c17-9-14-13(8-11-6-7-18-10-11)16-15(19-14)12-4-2-1-3-5-12/h1-10,14H. The molecule has 2 aromatic rings. The van der Waals surface area contributed by atoms with Gasteiger partial charge in [0.05, 0.1) is 18.2 Å². The van der Waals surface area contributed by atoms with E-state index in [0.29, 0.717) is 11.6 Å². The predicted molar refractivity (Wildman–Crippen MR) is 70.6 cm³/mol. The van der Waals surface area contributed by atoms with Gasteiger partial charge < -0.3 is 9.15 Å². The molecule has 0 aliphatic carbocycles. The lowest BCUT2D eigenvalue weighted by atomic mass is 10.2. The zero-order valence-corrected chi connectivity index (χ0v) is 10.0. The normalized spacial score (nSPS) is 20.1. The van der Waals surface area contributed by atoms with Gasteiger partial charge in [-0.05, 0) is 24.3 Å². The number of nitrogens with zero attached hydrogens (tertiary/aromatic N) is 1. The second-order valence-electron chi connectivity index (χ2n) is 4.08. The van der Waals surface area contributed by atoms with E-state index < -0.39 is 6.10 Å². The van der Waals surface area contributed by atoms with Crippen molar-refractivity contribution < 1.29 is 13.9 Å². The van der Waals surface area contributed by atoms with Crippen molar-refractivity contribution in [3.63, 3.8) is 0 Å². The maximum atomic E-state index is 11.1. The van der Waals surface area contributed by atoms with Gasteiger partial charge in [0, 0.05) is 11.1 Å². The number of ether oxygens (including phenoxy) is 1. The third-order valence-corrected chi connectivity index (χ3v) is 2.76. The van der Waals surface area contributed by atoms with E-state index in [-0.39, 0.29) is 0 Å². The zero-order chi connectivity index (χ0) is 13.1. The van der Waals surface area contributed by atoms with Gasteiger partial charge in [-0.25, -0.2) is 4.99 Å². The third-order valence-electron chi connectivity index (χ3n) is 2.76. The molecule has 1 aliphatic rings. The summed E-state index contributed by atoms with van der Waals surface area (Å²) in [6.07, 6.45) is 5.01. The molecule has 0 N–H and O–H groups in total. The molecular weight excluding hydrogens is 242 g/mol. The first-order valence-electron chi connectivity index (χ1n) is 5.86. The minimum atomic E-state index is -0.662. The van der Waals surface area contributed by atoms with Crippen LogP contribution < -0.4 is 0 Å². The molecule has 0 fully saturated rings. The molecule has 94 valence electrons. The number of furan rings is 1. The number of rotatable bonds is 3. The van der Waals surface area contributed by atoms with Gasteiger partial charge in [0.2, 0.25) is 5.90 Å². The molecule has 0 saturated heterocycles. The SMILES string of the molecule is O=CC1OC(c2ccccc2)=NC1=Cc1ccoc1. The molecule has 3 rings (SSSR count). The molecule has 1 aromatic carbocycles. The number of benzene rings is 1. The maximum Gasteiger partial charge on any atom is 0.222 e. The molecule has 4 heteroatoms. The molecule has 0 amide bonds. The third kappa shape index (κ3) is 2.33. The first-order chi connectivity index (χ1) is 9.36. The van der Waals surface area contributed by atoms with Crippen LogP contribution in [0.15, 0.2) is 64.0 Å². The summed E-state index contributed by atoms with van der Waals surface area (Å²) in [5.74, 6) is 0.465. The van der Waals surface area contributed by atoms with Crippen LogP contribution in [0.25, 0.3) is 6.08 Å². The molecule has 0 spiro atoms. The molecule has 1 aromatic heterocycles. The second kappa shape index (κ2) is 4.94. The van der Waals surface area contributed by atoms with E-state index in [2.05, 4.69) is 4.99 Å². The highest BCUT2D eigenvalue weighted by Gasteiger charge is 2.25. The molecule has 4 nitrogen and oxygen atoms in total. The summed E-state index contributed by atoms with van der Waals surface area (Å²) in [5, 5.41) is 0. The number of aliphatic imine (C=N–C) groups is 1. The smallest absolute Gasteiger partial charge is 0.222 e. The fourth-order valence-corrected chi connectivity index (χ4v) is 1.84. The van der Waals surface area contributed by atoms with Gasteiger partial charge in [-0.2, -0.15) is 0 Å². The average molecular weight is 253 g/mol. The van der Waals surface area contributed by atoms with Crippen LogP contribution in [-0.4, -0.2) is 18.3 Å². The fourth-order valence-electron chi connectivity index (χ4n) is 1.84. The van der Waals surface area contributed by atoms with Crippen LogP contribution in [0, 0.1) is 0 Å². The summed E-state index contributed by atoms with van der Waals surface area (Å²) in [7, 11) is 0. The van der Waals surface area contributed by atoms with Gasteiger partial charge >= 0.3 is 0 Å². The van der Waals surface area contributed by atoms with Gasteiger partial charge in [-0.3, -0.25) is 4.79 Å². The Bertz CT molecular complexity index is 627. The summed E-state index contributed by atoms with van der Waals surface area (Å²) in [4.78, 5) is 15.4. The molecule has 1 aliphatic heterocycles. The fraction of sp³-hybridized carbons (Fsp3) is 0.0667. The van der Waals surface area contributed by atoms with E-state index in [9.17, 15) is 4.79 Å². The second-order valence-corrected chi connectivity index (χ2v) is 4.08. The molecular formula is C15H11NO3. The Morgan fingerprint density at radius 2 is 2.00 bits per heavy atom. The first kappa shape index (κ1) is 11.5. The Morgan fingerprint density at radius 1 is 1.16 bits per heavy atom. The summed E-state index contributed by atoms with van der Waals surface area (Å²) in [6, 6.07) is 11.3. The lowest BCUT2D eigenvalue weighted by Gasteiger charge is -2.04. The van der Waals surface area contributed by atoms with E-state index in [1.165, 1.54) is 0 Å². The molecule has 0 saturated carbocycles. The first-order valence-corrected chi connectivity index (χ1v) is 5.86. The summed E-state index contributed by atoms with van der Waals surface area (Å²) >= 11 is 0. The predicted octanol–water partition coefficient (Wildman–Crippen LogP) is 2.67. The number of hydrogen-bond donors (Lipinski definition) is 0. The van der Waals surface area contributed by atoms with Crippen molar-refractivity contribution in [2.24, 2.45) is 4.99 Å². The minimum absolute atomic E-state index is 0.465. The summed E-state index contributed by atoms with van der Waals surface area (Å²) < 4.78 is 10.5. The minimum Gasteiger partial charge on any atom is -0.472 e. The van der Waals surface area contributed by atoms with Crippen molar-refractivity contribution in [1.29, 1.82) is 0 Å². The van der Waals surface area contributed by atoms with Crippen molar-refractivity contribution in [2.75, 3.05) is 0 Å². The van der Waals surface area contributed by atoms with Crippen molar-refractivity contribution in [3.8, 4) is 0 Å². The lowest BCUT2D eigenvalue weighted by molar-refractivity contribution is -0.112. The van der Waals surface area contributed by atoms with Gasteiger partial charge in [-0.15, -0.1) is 0 Å². The number of aldehydes is 1. The Balaban J connectivity index is 1.95. The van der Waals surface area contributed by atoms with E-state index >= 15 is 0 Å². The lowest BCUT2D eigenvalue weighted by Crippen LogP contribution is -2.13. The van der Waals surface area contributed by atoms with Crippen LogP contribution in [0.1, 0.15) is 11.1 Å². The van der Waals surface area contributed by atoms with Crippen LogP contribution >= 0.6 is 0 Å². The largest absolute Gasteiger partial charge is 0.472 e. The molecule has 1 atom stereocenters. The van der Waals surface area contributed by atoms with E-state index in [4.69, 9.17) is 9.15 Å². The maximum absolute atomic E-state index is 11.1. The molecule has 2 heterocycles.